The van der Waals surface area contributed by atoms with E-state index in [0.717, 1.165) is 22.6 Å². The van der Waals surface area contributed by atoms with Crippen LogP contribution in [0.15, 0.2) is 47.0 Å². The first kappa shape index (κ1) is 32.0. The van der Waals surface area contributed by atoms with Crippen LogP contribution in [0.2, 0.25) is 0 Å². The molecule has 0 radical (unpaired) electrons. The van der Waals surface area contributed by atoms with Gasteiger partial charge in [0.25, 0.3) is 5.91 Å². The van der Waals surface area contributed by atoms with Crippen molar-refractivity contribution in [3.63, 3.8) is 0 Å². The zero-order chi connectivity index (χ0) is 32.1. The number of likely N-dealkylation sites (tertiary alicyclic amines) is 1. The first-order valence-electron chi connectivity index (χ1n) is 15.5. The Hall–Kier alpha value is -4.38. The fourth-order valence-corrected chi connectivity index (χ4v) is 5.62. The molecule has 3 amide bonds. The number of carbonyl (C=O) groups excluding carboxylic acids is 3. The monoisotopic (exact) mass is 618 g/mol. The van der Waals surface area contributed by atoms with Gasteiger partial charge in [-0.05, 0) is 62.4 Å². The fraction of sp³-hybridized carbons (Fsp3) is 0.471. The van der Waals surface area contributed by atoms with Gasteiger partial charge in [-0.15, -0.1) is 0 Å². The summed E-state index contributed by atoms with van der Waals surface area (Å²) < 4.78 is 23.7. The maximum atomic E-state index is 13.5. The van der Waals surface area contributed by atoms with Crippen LogP contribution in [0.1, 0.15) is 59.6 Å². The highest BCUT2D eigenvalue weighted by atomic mass is 16.5. The molecule has 1 saturated heterocycles. The van der Waals surface area contributed by atoms with Gasteiger partial charge in [0, 0.05) is 43.8 Å². The lowest BCUT2D eigenvalue weighted by molar-refractivity contribution is -0.137. The number of piperidine rings is 1. The van der Waals surface area contributed by atoms with E-state index in [0.29, 0.717) is 67.7 Å². The number of rotatable bonds is 6. The van der Waals surface area contributed by atoms with Gasteiger partial charge in [0.1, 0.15) is 23.0 Å². The summed E-state index contributed by atoms with van der Waals surface area (Å²) >= 11 is 0. The van der Waals surface area contributed by atoms with Crippen LogP contribution < -0.4 is 14.8 Å². The lowest BCUT2D eigenvalue weighted by Gasteiger charge is -2.39. The van der Waals surface area contributed by atoms with Crippen LogP contribution in [-0.2, 0) is 27.4 Å². The van der Waals surface area contributed by atoms with Crippen molar-refractivity contribution < 1.29 is 33.1 Å². The van der Waals surface area contributed by atoms with Crippen LogP contribution in [0.25, 0.3) is 0 Å². The number of benzene rings is 2. The molecule has 3 aromatic rings. The van der Waals surface area contributed by atoms with Gasteiger partial charge >= 0.3 is 0 Å². The molecular weight excluding hydrogens is 576 g/mol. The predicted octanol–water partition coefficient (Wildman–Crippen LogP) is 4.44. The summed E-state index contributed by atoms with van der Waals surface area (Å²) in [6.07, 6.45) is 0.941. The topological polar surface area (TPSA) is 123 Å². The molecule has 2 aliphatic rings. The molecule has 0 unspecified atom stereocenters. The van der Waals surface area contributed by atoms with Gasteiger partial charge in [0.15, 0.2) is 0 Å². The number of hydrogen-bond donors (Lipinski definition) is 1. The highest BCUT2D eigenvalue weighted by molar-refractivity contribution is 5.97. The molecule has 2 atom stereocenters. The largest absolute Gasteiger partial charge is 0.493 e. The van der Waals surface area contributed by atoms with Gasteiger partial charge in [-0.2, -0.15) is 0 Å². The highest BCUT2D eigenvalue weighted by Crippen LogP contribution is 2.30. The van der Waals surface area contributed by atoms with E-state index >= 15 is 0 Å². The molecule has 0 aliphatic carbocycles. The SMILES string of the molecule is Cc1noc(C)c1CCC(=O)N1CC[C@@H]2NC(=O)CN(C)C(=O)c3cc(OCC(C)C)cc(c3)Oc3cccc(c3)CO[C@H]2C1. The first-order valence-corrected chi connectivity index (χ1v) is 15.5. The second kappa shape index (κ2) is 14.2. The molecule has 3 heterocycles. The Morgan fingerprint density at radius 1 is 1.13 bits per heavy atom. The lowest BCUT2D eigenvalue weighted by Crippen LogP contribution is -2.57. The summed E-state index contributed by atoms with van der Waals surface area (Å²) in [7, 11) is 1.59. The number of nitrogens with one attached hydrogen (secondary N) is 1. The number of ether oxygens (including phenoxy) is 3. The second-order valence-electron chi connectivity index (χ2n) is 12.3. The Kier molecular flexibility index (Phi) is 10.1. The van der Waals surface area contributed by atoms with Crippen LogP contribution in [0.4, 0.5) is 0 Å². The summed E-state index contributed by atoms with van der Waals surface area (Å²) in [6, 6.07) is 12.3. The van der Waals surface area contributed by atoms with Crippen LogP contribution >= 0.6 is 0 Å². The number of hydrogen-bond acceptors (Lipinski definition) is 8. The quantitative estimate of drug-likeness (QED) is 0.430. The minimum absolute atomic E-state index is 0.00846. The fourth-order valence-electron chi connectivity index (χ4n) is 5.62. The van der Waals surface area contributed by atoms with E-state index in [2.05, 4.69) is 10.5 Å². The maximum absolute atomic E-state index is 13.5. The average molecular weight is 619 g/mol. The van der Waals surface area contributed by atoms with Crippen molar-refractivity contribution in [1.82, 2.24) is 20.3 Å². The highest BCUT2D eigenvalue weighted by Gasteiger charge is 2.34. The van der Waals surface area contributed by atoms with Crippen molar-refractivity contribution in [3.8, 4) is 17.2 Å². The molecular formula is C34H42N4O7. The molecule has 0 saturated carbocycles. The Morgan fingerprint density at radius 2 is 1.96 bits per heavy atom. The van der Waals surface area contributed by atoms with Crippen LogP contribution in [0.3, 0.4) is 0 Å². The van der Waals surface area contributed by atoms with E-state index in [4.69, 9.17) is 18.7 Å². The molecule has 11 heteroatoms. The number of likely N-dealkylation sites (N-methyl/N-ethyl adjacent to an activating group) is 1. The van der Waals surface area contributed by atoms with Crippen LogP contribution in [0, 0.1) is 19.8 Å². The van der Waals surface area contributed by atoms with E-state index in [1.54, 1.807) is 30.1 Å². The standard InChI is InChI=1S/C34H42N4O7/c1-21(2)19-42-27-14-25-15-28(16-27)44-26-8-6-7-24(13-26)20-43-31-17-38(33(40)10-9-29-22(3)36-45-23(29)4)12-11-30(31)35-32(39)18-37(5)34(25)41/h6-8,13-16,21,30-31H,9-12,17-20H2,1-5H3,(H,35,39)/t30-,31-/m0/s1. The van der Waals surface area contributed by atoms with Crippen molar-refractivity contribution in [3.05, 3.63) is 70.6 Å². The minimum Gasteiger partial charge on any atom is -0.493 e. The number of aryl methyl sites for hydroxylation is 2. The maximum Gasteiger partial charge on any atom is 0.254 e. The molecule has 240 valence electrons. The third-order valence-electron chi connectivity index (χ3n) is 8.06. The summed E-state index contributed by atoms with van der Waals surface area (Å²) in [5, 5.41) is 7.06. The van der Waals surface area contributed by atoms with E-state index < -0.39 is 6.10 Å². The first-order chi connectivity index (χ1) is 21.5. The molecule has 1 N–H and O–H groups in total. The van der Waals surface area contributed by atoms with Crippen LogP contribution in [0.5, 0.6) is 17.2 Å². The van der Waals surface area contributed by atoms with E-state index in [1.165, 1.54) is 4.90 Å². The Morgan fingerprint density at radius 3 is 2.71 bits per heavy atom. The van der Waals surface area contributed by atoms with Gasteiger partial charge in [-0.25, -0.2) is 0 Å². The lowest BCUT2D eigenvalue weighted by atomic mass is 10.00. The van der Waals surface area contributed by atoms with E-state index in [9.17, 15) is 14.4 Å². The van der Waals surface area contributed by atoms with E-state index in [-0.39, 0.29) is 36.9 Å². The summed E-state index contributed by atoms with van der Waals surface area (Å²) in [5.41, 5.74) is 2.98. The normalized spacial score (nSPS) is 19.2. The van der Waals surface area contributed by atoms with Crippen molar-refractivity contribution in [2.45, 2.75) is 65.7 Å². The molecule has 2 aliphatic heterocycles. The molecule has 2 aromatic carbocycles. The summed E-state index contributed by atoms with van der Waals surface area (Å²) in [5.74, 6) is 1.93. The van der Waals surface area contributed by atoms with Gasteiger partial charge in [-0.3, -0.25) is 14.4 Å². The molecule has 5 rings (SSSR count). The second-order valence-corrected chi connectivity index (χ2v) is 12.3. The van der Waals surface area contributed by atoms with Gasteiger partial charge in [0.05, 0.1) is 37.6 Å². The smallest absolute Gasteiger partial charge is 0.254 e. The molecule has 11 nitrogen and oxygen atoms in total. The average Bonchev–Trinajstić information content (AvgIpc) is 3.33. The molecule has 1 fully saturated rings. The number of amides is 3. The van der Waals surface area contributed by atoms with Gasteiger partial charge in [0.2, 0.25) is 11.8 Å². The number of fused-ring (bicyclic) bond motifs is 5. The summed E-state index contributed by atoms with van der Waals surface area (Å²) in [6.45, 7) is 9.23. The van der Waals surface area contributed by atoms with Gasteiger partial charge < -0.3 is 33.9 Å². The predicted molar refractivity (Wildman–Crippen MR) is 166 cm³/mol. The number of nitrogens with zero attached hydrogens (tertiary/aromatic N) is 3. The van der Waals surface area contributed by atoms with Crippen molar-refractivity contribution in [2.24, 2.45) is 5.92 Å². The van der Waals surface area contributed by atoms with Crippen molar-refractivity contribution in [1.29, 1.82) is 0 Å². The number of carbonyl (C=O) groups is 3. The minimum atomic E-state index is -0.447. The Balaban J connectivity index is 1.36. The van der Waals surface area contributed by atoms with Crippen LogP contribution in [-0.4, -0.2) is 78.1 Å². The molecule has 1 aromatic heterocycles. The molecule has 45 heavy (non-hydrogen) atoms. The molecule has 0 spiro atoms. The Labute approximate surface area is 263 Å². The van der Waals surface area contributed by atoms with E-state index in [1.807, 2.05) is 52.0 Å². The zero-order valence-corrected chi connectivity index (χ0v) is 26.6. The zero-order valence-electron chi connectivity index (χ0n) is 26.6. The van der Waals surface area contributed by atoms with Gasteiger partial charge in [-0.1, -0.05) is 31.1 Å². The third-order valence-corrected chi connectivity index (χ3v) is 8.06. The van der Waals surface area contributed by atoms with Crippen molar-refractivity contribution >= 4 is 17.7 Å². The number of aromatic nitrogens is 1. The van der Waals surface area contributed by atoms with Crippen molar-refractivity contribution in [2.75, 3.05) is 33.3 Å². The molecule has 4 bridgehead atoms. The Bertz CT molecular complexity index is 1510. The third kappa shape index (κ3) is 8.21. The summed E-state index contributed by atoms with van der Waals surface area (Å²) in [4.78, 5) is 43.1.